The maximum atomic E-state index is 12.7. The van der Waals surface area contributed by atoms with Crippen LogP contribution in [0.1, 0.15) is 30.9 Å². The zero-order chi connectivity index (χ0) is 21.2. The van der Waals surface area contributed by atoms with Crippen LogP contribution in [0.4, 0.5) is 13.2 Å². The molecule has 0 saturated heterocycles. The molecule has 0 aliphatic rings. The summed E-state index contributed by atoms with van der Waals surface area (Å²) in [4.78, 5) is -0.0325. The second-order valence-corrected chi connectivity index (χ2v) is 8.14. The van der Waals surface area contributed by atoms with Crippen LogP contribution in [0.2, 0.25) is 0 Å². The normalized spacial score (nSPS) is 14.0. The van der Waals surface area contributed by atoms with E-state index in [0.29, 0.717) is 11.3 Å². The van der Waals surface area contributed by atoms with Crippen LogP contribution in [-0.2, 0) is 20.6 Å². The second kappa shape index (κ2) is 7.87. The van der Waals surface area contributed by atoms with Crippen molar-refractivity contribution in [3.63, 3.8) is 0 Å². The number of benzene rings is 3. The van der Waals surface area contributed by atoms with Gasteiger partial charge >= 0.3 is 16.3 Å². The number of halogens is 3. The summed E-state index contributed by atoms with van der Waals surface area (Å²) in [7, 11) is -4.12. The Morgan fingerprint density at radius 2 is 1.59 bits per heavy atom. The van der Waals surface area contributed by atoms with Gasteiger partial charge in [-0.3, -0.25) is 4.28 Å². The van der Waals surface area contributed by atoms with E-state index in [0.717, 1.165) is 22.9 Å². The third kappa shape index (κ3) is 4.76. The second-order valence-electron chi connectivity index (χ2n) is 6.61. The summed E-state index contributed by atoms with van der Waals surface area (Å²) in [6, 6.07) is 16.5. The lowest BCUT2D eigenvalue weighted by atomic mass is 9.96. The van der Waals surface area contributed by atoms with Gasteiger partial charge in [-0.15, -0.1) is 0 Å². The third-order valence-electron chi connectivity index (χ3n) is 4.65. The molecule has 0 aliphatic heterocycles. The highest BCUT2D eigenvalue weighted by Crippen LogP contribution is 2.30. The average Bonchev–Trinajstić information content (AvgIpc) is 2.70. The van der Waals surface area contributed by atoms with Crippen LogP contribution >= 0.6 is 0 Å². The van der Waals surface area contributed by atoms with Crippen molar-refractivity contribution in [2.24, 2.45) is 5.16 Å². The predicted octanol–water partition coefficient (Wildman–Crippen LogP) is 5.74. The van der Waals surface area contributed by atoms with Gasteiger partial charge in [0.2, 0.25) is 0 Å². The largest absolute Gasteiger partial charge is 0.416 e. The summed E-state index contributed by atoms with van der Waals surface area (Å²) in [6.45, 7) is 3.26. The van der Waals surface area contributed by atoms with Crippen LogP contribution in [0.3, 0.4) is 0 Å². The molecule has 1 atom stereocenters. The maximum Gasteiger partial charge on any atom is 0.416 e. The Balaban J connectivity index is 1.78. The first-order valence-corrected chi connectivity index (χ1v) is 10.1. The van der Waals surface area contributed by atoms with Gasteiger partial charge in [-0.25, -0.2) is 0 Å². The molecule has 29 heavy (non-hydrogen) atoms. The molecule has 0 N–H and O–H groups in total. The molecule has 3 aromatic carbocycles. The lowest BCUT2D eigenvalue weighted by molar-refractivity contribution is -0.137. The minimum atomic E-state index is -4.41. The van der Waals surface area contributed by atoms with Crippen LogP contribution in [0.5, 0.6) is 0 Å². The van der Waals surface area contributed by atoms with Crippen LogP contribution < -0.4 is 0 Å². The Kier molecular flexibility index (Phi) is 5.66. The standard InChI is InChI=1S/C21H18F3NO3S/c1-14(16-7-10-19(11-8-16)21(22,23)24)15(2)25-28-29(26,27)20-12-9-17-5-3-4-6-18(17)13-20/h3-14H,1-2H3/b25-15+. The first-order valence-electron chi connectivity index (χ1n) is 8.72. The smallest absolute Gasteiger partial charge is 0.265 e. The number of oxime groups is 1. The van der Waals surface area contributed by atoms with Gasteiger partial charge in [-0.1, -0.05) is 54.5 Å². The van der Waals surface area contributed by atoms with E-state index in [1.165, 1.54) is 24.3 Å². The molecule has 8 heteroatoms. The number of alkyl halides is 3. The van der Waals surface area contributed by atoms with E-state index in [2.05, 4.69) is 5.16 Å². The van der Waals surface area contributed by atoms with Crippen molar-refractivity contribution in [2.45, 2.75) is 30.8 Å². The molecule has 0 saturated carbocycles. The van der Waals surface area contributed by atoms with E-state index in [1.807, 2.05) is 12.1 Å². The molecule has 3 aromatic rings. The van der Waals surface area contributed by atoms with Crippen LogP contribution in [0.25, 0.3) is 10.8 Å². The van der Waals surface area contributed by atoms with Gasteiger partial charge in [0.05, 0.1) is 11.3 Å². The molecule has 3 rings (SSSR count). The highest BCUT2D eigenvalue weighted by molar-refractivity contribution is 7.86. The average molecular weight is 421 g/mol. The van der Waals surface area contributed by atoms with E-state index < -0.39 is 27.8 Å². The minimum Gasteiger partial charge on any atom is -0.265 e. The number of hydrogen-bond acceptors (Lipinski definition) is 4. The Morgan fingerprint density at radius 1 is 0.966 bits per heavy atom. The lowest BCUT2D eigenvalue weighted by Gasteiger charge is -2.13. The van der Waals surface area contributed by atoms with Crippen LogP contribution in [0.15, 0.2) is 76.8 Å². The molecule has 0 aliphatic carbocycles. The zero-order valence-corrected chi connectivity index (χ0v) is 16.5. The topological polar surface area (TPSA) is 55.7 Å². The number of fused-ring (bicyclic) bond motifs is 1. The van der Waals surface area contributed by atoms with Gasteiger partial charge < -0.3 is 0 Å². The molecule has 0 fully saturated rings. The monoisotopic (exact) mass is 421 g/mol. The number of hydrogen-bond donors (Lipinski definition) is 0. The van der Waals surface area contributed by atoms with Crippen LogP contribution in [-0.4, -0.2) is 14.1 Å². The summed E-state index contributed by atoms with van der Waals surface area (Å²) in [5.74, 6) is -0.427. The van der Waals surface area contributed by atoms with E-state index in [1.54, 1.807) is 32.0 Å². The Labute approximate surface area is 166 Å². The molecule has 0 heterocycles. The molecule has 152 valence electrons. The van der Waals surface area contributed by atoms with Gasteiger partial charge in [0.15, 0.2) is 0 Å². The van der Waals surface area contributed by atoms with Gasteiger partial charge in [0.1, 0.15) is 4.90 Å². The first-order chi connectivity index (χ1) is 13.6. The van der Waals surface area contributed by atoms with Gasteiger partial charge in [0.25, 0.3) is 0 Å². The fraction of sp³-hybridized carbons (Fsp3) is 0.190. The van der Waals surface area contributed by atoms with Crippen molar-refractivity contribution >= 4 is 26.6 Å². The highest BCUT2D eigenvalue weighted by Gasteiger charge is 2.30. The number of nitrogens with zero attached hydrogens (tertiary/aromatic N) is 1. The Morgan fingerprint density at radius 3 is 2.21 bits per heavy atom. The van der Waals surface area contributed by atoms with E-state index in [-0.39, 0.29) is 4.90 Å². The van der Waals surface area contributed by atoms with Crippen molar-refractivity contribution in [3.8, 4) is 0 Å². The Hall–Kier alpha value is -2.87. The summed E-state index contributed by atoms with van der Waals surface area (Å²) in [6.07, 6.45) is -4.41. The minimum absolute atomic E-state index is 0.0325. The summed E-state index contributed by atoms with van der Waals surface area (Å²) < 4.78 is 67.7. The molecule has 0 spiro atoms. The quantitative estimate of drug-likeness (QED) is 0.390. The fourth-order valence-corrected chi connectivity index (χ4v) is 3.56. The predicted molar refractivity (Wildman–Crippen MR) is 105 cm³/mol. The molecule has 0 bridgehead atoms. The van der Waals surface area contributed by atoms with E-state index in [4.69, 9.17) is 4.28 Å². The van der Waals surface area contributed by atoms with Crippen molar-refractivity contribution < 1.29 is 25.9 Å². The summed E-state index contributed by atoms with van der Waals surface area (Å²) >= 11 is 0. The van der Waals surface area contributed by atoms with Crippen molar-refractivity contribution in [1.82, 2.24) is 0 Å². The molecule has 0 aromatic heterocycles. The molecular weight excluding hydrogens is 403 g/mol. The third-order valence-corrected chi connectivity index (χ3v) is 5.76. The zero-order valence-electron chi connectivity index (χ0n) is 15.6. The van der Waals surface area contributed by atoms with Crippen LogP contribution in [0, 0.1) is 0 Å². The van der Waals surface area contributed by atoms with Gasteiger partial charge in [-0.2, -0.15) is 21.6 Å². The molecule has 0 radical (unpaired) electrons. The molecule has 0 amide bonds. The lowest BCUT2D eigenvalue weighted by Crippen LogP contribution is -2.10. The number of rotatable bonds is 5. The van der Waals surface area contributed by atoms with Gasteiger partial charge in [-0.05, 0) is 47.5 Å². The molecule has 4 nitrogen and oxygen atoms in total. The van der Waals surface area contributed by atoms with Gasteiger partial charge in [0, 0.05) is 5.92 Å². The Bertz CT molecular complexity index is 1150. The summed E-state index contributed by atoms with van der Waals surface area (Å²) in [5.41, 5.74) is 0.123. The maximum absolute atomic E-state index is 12.7. The highest BCUT2D eigenvalue weighted by atomic mass is 32.2. The fourth-order valence-electron chi connectivity index (χ4n) is 2.75. The first kappa shape index (κ1) is 20.9. The van der Waals surface area contributed by atoms with E-state index >= 15 is 0 Å². The van der Waals surface area contributed by atoms with Crippen molar-refractivity contribution in [1.29, 1.82) is 0 Å². The molecule has 1 unspecified atom stereocenters. The van der Waals surface area contributed by atoms with Crippen molar-refractivity contribution in [2.75, 3.05) is 0 Å². The SMILES string of the molecule is C/C(=N\OS(=O)(=O)c1ccc2ccccc2c1)C(C)c1ccc(C(F)(F)F)cc1. The summed E-state index contributed by atoms with van der Waals surface area (Å²) in [5, 5.41) is 5.34. The van der Waals surface area contributed by atoms with Crippen molar-refractivity contribution in [3.05, 3.63) is 77.9 Å². The van der Waals surface area contributed by atoms with E-state index in [9.17, 15) is 21.6 Å². The molecular formula is C21H18F3NO3S.